The second-order valence-electron chi connectivity index (χ2n) is 3.98. The summed E-state index contributed by atoms with van der Waals surface area (Å²) in [4.78, 5) is 35.9. The fraction of sp³-hybridized carbons (Fsp3) is 0.250. The number of imide groups is 1. The zero-order valence-electron chi connectivity index (χ0n) is 10.2. The highest BCUT2D eigenvalue weighted by molar-refractivity contribution is 14.1. The molecular formula is C12H10BrIN2O3S. The molecule has 0 atom stereocenters. The number of nitrogens with one attached hydrogen (secondary N) is 1. The fourth-order valence-corrected chi connectivity index (χ4v) is 3.31. The highest BCUT2D eigenvalue weighted by Gasteiger charge is 2.29. The van der Waals surface area contributed by atoms with E-state index in [9.17, 15) is 14.4 Å². The van der Waals surface area contributed by atoms with Crippen molar-refractivity contribution in [1.82, 2.24) is 10.2 Å². The van der Waals surface area contributed by atoms with Gasteiger partial charge in [0.25, 0.3) is 11.1 Å². The van der Waals surface area contributed by atoms with Crippen molar-refractivity contribution in [3.63, 3.8) is 0 Å². The second-order valence-corrected chi connectivity index (χ2v) is 7.01. The van der Waals surface area contributed by atoms with Crippen molar-refractivity contribution in [2.75, 3.05) is 18.8 Å². The monoisotopic (exact) mass is 468 g/mol. The highest BCUT2D eigenvalue weighted by Crippen LogP contribution is 2.20. The van der Waals surface area contributed by atoms with Crippen LogP contribution in [0.3, 0.4) is 0 Å². The van der Waals surface area contributed by atoms with Crippen molar-refractivity contribution >= 4 is 67.3 Å². The predicted molar refractivity (Wildman–Crippen MR) is 88.8 cm³/mol. The maximum absolute atomic E-state index is 12.0. The lowest BCUT2D eigenvalue weighted by Crippen LogP contribution is -2.37. The number of carbonyl (C=O) groups excluding carboxylic acids is 3. The minimum atomic E-state index is -0.250. The number of rotatable bonds is 4. The standard InChI is InChI=1S/C12H10BrIN2O3S/c13-9-2-1-7(14)5-8(9)11(18)15-3-4-16-10(17)6-20-12(16)19/h1-2,5H,3-4,6H2,(H,15,18). The van der Waals surface area contributed by atoms with Crippen LogP contribution in [0.2, 0.25) is 0 Å². The molecular weight excluding hydrogens is 459 g/mol. The molecule has 3 amide bonds. The van der Waals surface area contributed by atoms with Gasteiger partial charge in [-0.2, -0.15) is 0 Å². The lowest BCUT2D eigenvalue weighted by molar-refractivity contribution is -0.124. The number of amides is 3. The first-order valence-corrected chi connectivity index (χ1v) is 8.55. The summed E-state index contributed by atoms with van der Waals surface area (Å²) in [5.74, 6) is -0.248. The molecule has 1 aliphatic rings. The summed E-state index contributed by atoms with van der Waals surface area (Å²) < 4.78 is 1.66. The van der Waals surface area contributed by atoms with E-state index < -0.39 is 0 Å². The van der Waals surface area contributed by atoms with Crippen LogP contribution in [-0.2, 0) is 4.79 Å². The van der Waals surface area contributed by atoms with Crippen LogP contribution in [0.5, 0.6) is 0 Å². The van der Waals surface area contributed by atoms with Crippen molar-refractivity contribution in [1.29, 1.82) is 0 Å². The average molecular weight is 469 g/mol. The molecule has 1 aliphatic heterocycles. The van der Waals surface area contributed by atoms with Crippen LogP contribution in [0.25, 0.3) is 0 Å². The molecule has 1 aromatic carbocycles. The Morgan fingerprint density at radius 1 is 1.45 bits per heavy atom. The van der Waals surface area contributed by atoms with E-state index in [0.717, 1.165) is 20.2 Å². The number of hydrogen-bond acceptors (Lipinski definition) is 4. The van der Waals surface area contributed by atoms with Crippen molar-refractivity contribution in [2.24, 2.45) is 0 Å². The summed E-state index contributed by atoms with van der Waals surface area (Å²) >= 11 is 6.44. The van der Waals surface area contributed by atoms with Gasteiger partial charge < -0.3 is 5.32 Å². The summed E-state index contributed by atoms with van der Waals surface area (Å²) in [6, 6.07) is 5.46. The molecule has 8 heteroatoms. The molecule has 1 saturated heterocycles. The molecule has 0 radical (unpaired) electrons. The number of carbonyl (C=O) groups is 3. The van der Waals surface area contributed by atoms with Gasteiger partial charge in [-0.1, -0.05) is 11.8 Å². The van der Waals surface area contributed by atoms with E-state index in [1.165, 1.54) is 0 Å². The molecule has 0 unspecified atom stereocenters. The predicted octanol–water partition coefficient (Wildman–Crippen LogP) is 2.48. The van der Waals surface area contributed by atoms with E-state index in [-0.39, 0.29) is 35.9 Å². The zero-order valence-corrected chi connectivity index (χ0v) is 14.7. The van der Waals surface area contributed by atoms with Gasteiger partial charge in [0, 0.05) is 21.1 Å². The molecule has 0 bridgehead atoms. The van der Waals surface area contributed by atoms with Crippen LogP contribution in [0.1, 0.15) is 10.4 Å². The van der Waals surface area contributed by atoms with E-state index in [1.54, 1.807) is 12.1 Å². The normalized spacial score (nSPS) is 14.8. The van der Waals surface area contributed by atoms with Gasteiger partial charge >= 0.3 is 0 Å². The first-order valence-electron chi connectivity index (χ1n) is 5.69. The quantitative estimate of drug-likeness (QED) is 0.689. The van der Waals surface area contributed by atoms with E-state index in [2.05, 4.69) is 43.8 Å². The topological polar surface area (TPSA) is 66.5 Å². The van der Waals surface area contributed by atoms with Gasteiger partial charge in [0.2, 0.25) is 5.91 Å². The Hall–Kier alpha value is -0.610. The van der Waals surface area contributed by atoms with Crippen LogP contribution in [0, 0.1) is 3.57 Å². The van der Waals surface area contributed by atoms with Crippen molar-refractivity contribution < 1.29 is 14.4 Å². The minimum Gasteiger partial charge on any atom is -0.350 e. The Morgan fingerprint density at radius 2 is 2.20 bits per heavy atom. The van der Waals surface area contributed by atoms with Gasteiger partial charge in [0.15, 0.2) is 0 Å². The molecule has 106 valence electrons. The molecule has 1 aromatic rings. The van der Waals surface area contributed by atoms with Gasteiger partial charge in [0.05, 0.1) is 11.3 Å². The molecule has 2 rings (SSSR count). The van der Waals surface area contributed by atoms with Crippen molar-refractivity contribution in [2.45, 2.75) is 0 Å². The van der Waals surface area contributed by atoms with E-state index in [1.807, 2.05) is 6.07 Å². The van der Waals surface area contributed by atoms with Crippen LogP contribution in [0.15, 0.2) is 22.7 Å². The molecule has 1 heterocycles. The van der Waals surface area contributed by atoms with Crippen LogP contribution < -0.4 is 5.32 Å². The summed E-state index contributed by atoms with van der Waals surface area (Å²) in [5.41, 5.74) is 0.533. The first-order chi connectivity index (χ1) is 9.49. The van der Waals surface area contributed by atoms with Crippen molar-refractivity contribution in [3.05, 3.63) is 31.8 Å². The molecule has 0 aromatic heterocycles. The molecule has 0 saturated carbocycles. The molecule has 20 heavy (non-hydrogen) atoms. The maximum atomic E-state index is 12.0. The molecule has 0 spiro atoms. The lowest BCUT2D eigenvalue weighted by atomic mass is 10.2. The number of nitrogens with zero attached hydrogens (tertiary/aromatic N) is 1. The SMILES string of the molecule is O=C(NCCN1C(=O)CSC1=O)c1cc(I)ccc1Br. The third kappa shape index (κ3) is 3.73. The van der Waals surface area contributed by atoms with Gasteiger partial charge in [-0.25, -0.2) is 0 Å². The average Bonchev–Trinajstić information content (AvgIpc) is 2.73. The summed E-state index contributed by atoms with van der Waals surface area (Å²) in [7, 11) is 0. The molecule has 5 nitrogen and oxygen atoms in total. The number of thioether (sulfide) groups is 1. The van der Waals surface area contributed by atoms with Gasteiger partial charge in [-0.3, -0.25) is 19.3 Å². The third-order valence-electron chi connectivity index (χ3n) is 2.63. The fourth-order valence-electron chi connectivity index (χ4n) is 1.65. The third-order valence-corrected chi connectivity index (χ3v) is 4.86. The minimum absolute atomic E-state index is 0.190. The number of halogens is 2. The Labute approximate surface area is 142 Å². The Kier molecular flexibility index (Phi) is 5.44. The number of hydrogen-bond donors (Lipinski definition) is 1. The number of benzene rings is 1. The van der Waals surface area contributed by atoms with Gasteiger partial charge in [-0.15, -0.1) is 0 Å². The van der Waals surface area contributed by atoms with Crippen LogP contribution in [-0.4, -0.2) is 40.8 Å². The summed E-state index contributed by atoms with van der Waals surface area (Å²) in [6.45, 7) is 0.451. The first kappa shape index (κ1) is 15.8. The lowest BCUT2D eigenvalue weighted by Gasteiger charge is -2.13. The van der Waals surface area contributed by atoms with Crippen LogP contribution in [0.4, 0.5) is 4.79 Å². The largest absolute Gasteiger partial charge is 0.350 e. The summed E-state index contributed by atoms with van der Waals surface area (Å²) in [6.07, 6.45) is 0. The van der Waals surface area contributed by atoms with Gasteiger partial charge in [0.1, 0.15) is 0 Å². The Morgan fingerprint density at radius 3 is 2.85 bits per heavy atom. The highest BCUT2D eigenvalue weighted by atomic mass is 127. The zero-order chi connectivity index (χ0) is 14.7. The van der Waals surface area contributed by atoms with Crippen molar-refractivity contribution in [3.8, 4) is 0 Å². The smallest absolute Gasteiger partial charge is 0.288 e. The molecule has 0 aliphatic carbocycles. The Bertz CT molecular complexity index is 566. The van der Waals surface area contributed by atoms with E-state index >= 15 is 0 Å². The van der Waals surface area contributed by atoms with E-state index in [0.29, 0.717) is 10.0 Å². The summed E-state index contributed by atoms with van der Waals surface area (Å²) in [5, 5.41) is 2.46. The second kappa shape index (κ2) is 6.90. The molecule has 1 N–H and O–H groups in total. The van der Waals surface area contributed by atoms with Crippen LogP contribution >= 0.6 is 50.3 Å². The maximum Gasteiger partial charge on any atom is 0.288 e. The Balaban J connectivity index is 1.91. The van der Waals surface area contributed by atoms with Gasteiger partial charge in [-0.05, 0) is 56.7 Å². The molecule has 1 fully saturated rings. The van der Waals surface area contributed by atoms with E-state index in [4.69, 9.17) is 0 Å².